The van der Waals surface area contributed by atoms with Crippen molar-refractivity contribution < 1.29 is 17.6 Å². The Kier molecular flexibility index (Phi) is 5.13. The molecule has 7 heteroatoms. The zero-order valence-electron chi connectivity index (χ0n) is 10.3. The average Bonchev–Trinajstić information content (AvgIpc) is 2.64. The number of nitrogens with one attached hydrogen (secondary N) is 1. The Morgan fingerprint density at radius 2 is 2.06 bits per heavy atom. The second-order valence-electron chi connectivity index (χ2n) is 4.60. The molecule has 3 nitrogen and oxygen atoms in total. The minimum absolute atomic E-state index is 0.331. The molecule has 0 aliphatic heterocycles. The molecule has 0 amide bonds. The third-order valence-corrected chi connectivity index (χ3v) is 2.36. The molecule has 1 aromatic rings. The first-order chi connectivity index (χ1) is 8.33. The van der Waals surface area contributed by atoms with Crippen molar-refractivity contribution in [2.45, 2.75) is 39.3 Å². The highest BCUT2D eigenvalue weighted by atomic mass is 19.3. The van der Waals surface area contributed by atoms with Crippen LogP contribution in [0.25, 0.3) is 0 Å². The largest absolute Gasteiger partial charge is 0.327 e. The van der Waals surface area contributed by atoms with E-state index < -0.39 is 18.9 Å². The van der Waals surface area contributed by atoms with Crippen LogP contribution in [0.3, 0.4) is 0 Å². The molecule has 0 bridgehead atoms. The van der Waals surface area contributed by atoms with E-state index in [0.29, 0.717) is 18.2 Å². The van der Waals surface area contributed by atoms with E-state index in [2.05, 4.69) is 10.3 Å². The Labute approximate surface area is 103 Å². The third kappa shape index (κ3) is 4.29. The van der Waals surface area contributed by atoms with Gasteiger partial charge in [-0.15, -0.1) is 0 Å². The molecule has 0 fully saturated rings. The second kappa shape index (κ2) is 6.17. The van der Waals surface area contributed by atoms with E-state index in [9.17, 15) is 17.6 Å². The summed E-state index contributed by atoms with van der Waals surface area (Å²) in [5.41, 5.74) is 0.468. The van der Waals surface area contributed by atoms with Crippen LogP contribution in [0.1, 0.15) is 19.5 Å². The molecule has 0 saturated carbocycles. The van der Waals surface area contributed by atoms with Crippen molar-refractivity contribution in [3.63, 3.8) is 0 Å². The van der Waals surface area contributed by atoms with Gasteiger partial charge in [0.15, 0.2) is 0 Å². The molecular formula is C11H17F4N3. The number of hydrogen-bond donors (Lipinski definition) is 1. The summed E-state index contributed by atoms with van der Waals surface area (Å²) < 4.78 is 51.1. The standard InChI is InChI=1S/C11H17F4N3/c1-8(2)3-16-4-9-5-17-7-18(9)6-11(14,15)10(12)13/h5,7-8,10,16H,3-4,6H2,1-2H3. The number of alkyl halides is 4. The van der Waals surface area contributed by atoms with Crippen LogP contribution in [0, 0.1) is 5.92 Å². The van der Waals surface area contributed by atoms with E-state index in [1.54, 1.807) is 0 Å². The zero-order chi connectivity index (χ0) is 13.8. The number of halogens is 4. The Morgan fingerprint density at radius 3 is 2.61 bits per heavy atom. The molecule has 0 atom stereocenters. The predicted molar refractivity (Wildman–Crippen MR) is 59.7 cm³/mol. The Balaban J connectivity index is 2.60. The van der Waals surface area contributed by atoms with E-state index in [-0.39, 0.29) is 0 Å². The summed E-state index contributed by atoms with van der Waals surface area (Å²) in [6.45, 7) is 4.02. The molecule has 0 aromatic carbocycles. The van der Waals surface area contributed by atoms with Crippen molar-refractivity contribution >= 4 is 0 Å². The number of hydrogen-bond acceptors (Lipinski definition) is 2. The SMILES string of the molecule is CC(C)CNCc1cncn1CC(F)(F)C(F)F. The monoisotopic (exact) mass is 267 g/mol. The highest BCUT2D eigenvalue weighted by Gasteiger charge is 2.41. The molecule has 0 aliphatic carbocycles. The van der Waals surface area contributed by atoms with Gasteiger partial charge in [-0.25, -0.2) is 13.8 Å². The molecule has 0 aliphatic rings. The van der Waals surface area contributed by atoms with Gasteiger partial charge in [-0.2, -0.15) is 8.78 Å². The molecule has 0 spiro atoms. The van der Waals surface area contributed by atoms with Crippen LogP contribution in [-0.2, 0) is 13.1 Å². The minimum Gasteiger partial charge on any atom is -0.327 e. The Hall–Kier alpha value is -1.11. The molecule has 0 saturated heterocycles. The summed E-state index contributed by atoms with van der Waals surface area (Å²) in [5.74, 6) is -3.61. The summed E-state index contributed by atoms with van der Waals surface area (Å²) in [5, 5.41) is 3.05. The first-order valence-electron chi connectivity index (χ1n) is 5.68. The van der Waals surface area contributed by atoms with Gasteiger partial charge in [0.2, 0.25) is 0 Å². The van der Waals surface area contributed by atoms with Gasteiger partial charge < -0.3 is 9.88 Å². The van der Waals surface area contributed by atoms with Crippen molar-refractivity contribution in [1.29, 1.82) is 0 Å². The maximum atomic E-state index is 12.9. The van der Waals surface area contributed by atoms with Gasteiger partial charge in [-0.05, 0) is 12.5 Å². The summed E-state index contributed by atoms with van der Waals surface area (Å²) in [7, 11) is 0. The van der Waals surface area contributed by atoms with Gasteiger partial charge in [0.1, 0.15) is 0 Å². The molecule has 0 radical (unpaired) electrons. The van der Waals surface area contributed by atoms with E-state index in [1.165, 1.54) is 6.20 Å². The number of aromatic nitrogens is 2. The molecule has 1 N–H and O–H groups in total. The van der Waals surface area contributed by atoms with Crippen LogP contribution >= 0.6 is 0 Å². The highest BCUT2D eigenvalue weighted by molar-refractivity contribution is 4.99. The van der Waals surface area contributed by atoms with Gasteiger partial charge in [0.05, 0.1) is 18.6 Å². The van der Waals surface area contributed by atoms with E-state index in [0.717, 1.165) is 17.4 Å². The maximum Gasteiger partial charge on any atom is 0.324 e. The fourth-order valence-electron chi connectivity index (χ4n) is 1.42. The van der Waals surface area contributed by atoms with Crippen LogP contribution in [0.5, 0.6) is 0 Å². The fourth-order valence-corrected chi connectivity index (χ4v) is 1.42. The van der Waals surface area contributed by atoms with Crippen molar-refractivity contribution in [3.8, 4) is 0 Å². The number of imidazole rings is 1. The Bertz CT molecular complexity index is 363. The molecule has 1 aromatic heterocycles. The number of rotatable bonds is 7. The van der Waals surface area contributed by atoms with Crippen molar-refractivity contribution in [1.82, 2.24) is 14.9 Å². The van der Waals surface area contributed by atoms with Crippen LogP contribution in [0.2, 0.25) is 0 Å². The van der Waals surface area contributed by atoms with Crippen LogP contribution in [0.15, 0.2) is 12.5 Å². The van der Waals surface area contributed by atoms with E-state index in [4.69, 9.17) is 0 Å². The number of nitrogens with zero attached hydrogens (tertiary/aromatic N) is 2. The summed E-state index contributed by atoms with van der Waals surface area (Å²) >= 11 is 0. The highest BCUT2D eigenvalue weighted by Crippen LogP contribution is 2.25. The van der Waals surface area contributed by atoms with Gasteiger partial charge >= 0.3 is 12.3 Å². The van der Waals surface area contributed by atoms with E-state index >= 15 is 0 Å². The average molecular weight is 267 g/mol. The lowest BCUT2D eigenvalue weighted by atomic mass is 10.2. The molecule has 104 valence electrons. The maximum absolute atomic E-state index is 12.9. The lowest BCUT2D eigenvalue weighted by Gasteiger charge is -2.17. The lowest BCUT2D eigenvalue weighted by molar-refractivity contribution is -0.138. The molecule has 1 heterocycles. The zero-order valence-corrected chi connectivity index (χ0v) is 10.3. The lowest BCUT2D eigenvalue weighted by Crippen LogP contribution is -2.33. The van der Waals surface area contributed by atoms with Crippen LogP contribution in [0.4, 0.5) is 17.6 Å². The van der Waals surface area contributed by atoms with Crippen molar-refractivity contribution in [2.75, 3.05) is 6.54 Å². The van der Waals surface area contributed by atoms with E-state index in [1.807, 2.05) is 13.8 Å². The smallest absolute Gasteiger partial charge is 0.324 e. The first-order valence-corrected chi connectivity index (χ1v) is 5.68. The van der Waals surface area contributed by atoms with Crippen LogP contribution < -0.4 is 5.32 Å². The van der Waals surface area contributed by atoms with Gasteiger partial charge in [-0.1, -0.05) is 13.8 Å². The Morgan fingerprint density at radius 1 is 1.39 bits per heavy atom. The molecule has 1 rings (SSSR count). The van der Waals surface area contributed by atoms with Crippen molar-refractivity contribution in [3.05, 3.63) is 18.2 Å². The molecule has 18 heavy (non-hydrogen) atoms. The predicted octanol–water partition coefficient (Wildman–Crippen LogP) is 2.53. The summed E-state index contributed by atoms with van der Waals surface area (Å²) in [6, 6.07) is 0. The van der Waals surface area contributed by atoms with Gasteiger partial charge in [0.25, 0.3) is 0 Å². The van der Waals surface area contributed by atoms with Crippen LogP contribution in [-0.4, -0.2) is 28.4 Å². The minimum atomic E-state index is -4.03. The second-order valence-corrected chi connectivity index (χ2v) is 4.60. The van der Waals surface area contributed by atoms with Crippen molar-refractivity contribution in [2.24, 2.45) is 5.92 Å². The molecular weight excluding hydrogens is 250 g/mol. The normalized spacial score (nSPS) is 12.7. The fraction of sp³-hybridized carbons (Fsp3) is 0.727. The van der Waals surface area contributed by atoms with Gasteiger partial charge in [-0.3, -0.25) is 0 Å². The molecule has 0 unspecified atom stereocenters. The third-order valence-electron chi connectivity index (χ3n) is 2.36. The topological polar surface area (TPSA) is 29.9 Å². The summed E-state index contributed by atoms with van der Waals surface area (Å²) in [6.07, 6.45) is -1.13. The quantitative estimate of drug-likeness (QED) is 0.769. The van der Waals surface area contributed by atoms with Gasteiger partial charge in [0, 0.05) is 12.7 Å². The summed E-state index contributed by atoms with van der Waals surface area (Å²) in [4.78, 5) is 3.71. The first kappa shape index (κ1) is 14.9.